The number of ether oxygens (including phenoxy) is 4. The number of hydrogen-bond acceptors (Lipinski definition) is 13. The van der Waals surface area contributed by atoms with E-state index in [9.17, 15) is 45.6 Å². The molecule has 404 valence electrons. The first kappa shape index (κ1) is 63.5. The number of unbranched alkanes of at least 4 members (excludes halogenated alkanes) is 16. The van der Waals surface area contributed by atoms with E-state index in [0.29, 0.717) is 12.8 Å². The van der Waals surface area contributed by atoms with Crippen LogP contribution in [0.3, 0.4) is 0 Å². The minimum Gasteiger partial charge on any atom is -0.394 e. The van der Waals surface area contributed by atoms with Gasteiger partial charge in [-0.3, -0.25) is 4.79 Å². The van der Waals surface area contributed by atoms with Gasteiger partial charge in [-0.2, -0.15) is 0 Å². The van der Waals surface area contributed by atoms with Crippen molar-refractivity contribution in [2.75, 3.05) is 19.8 Å². The van der Waals surface area contributed by atoms with Crippen molar-refractivity contribution in [1.82, 2.24) is 5.32 Å². The highest BCUT2D eigenvalue weighted by atomic mass is 16.7. The molecule has 2 fully saturated rings. The quantitative estimate of drug-likeness (QED) is 0.0209. The summed E-state index contributed by atoms with van der Waals surface area (Å²) in [6.07, 6.45) is 36.1. The van der Waals surface area contributed by atoms with Gasteiger partial charge in [0.2, 0.25) is 5.91 Å². The van der Waals surface area contributed by atoms with E-state index >= 15 is 0 Å². The molecule has 0 aliphatic carbocycles. The average molecular weight is 992 g/mol. The second-order valence-corrected chi connectivity index (χ2v) is 19.0. The minimum atomic E-state index is -1.79. The first-order chi connectivity index (χ1) is 34.1. The summed E-state index contributed by atoms with van der Waals surface area (Å²) < 4.78 is 22.8. The van der Waals surface area contributed by atoms with Crippen molar-refractivity contribution in [3.63, 3.8) is 0 Å². The van der Waals surface area contributed by atoms with Crippen molar-refractivity contribution >= 4 is 5.91 Å². The Morgan fingerprint density at radius 3 is 1.51 bits per heavy atom. The molecular weight excluding hydrogens is 895 g/mol. The maximum absolute atomic E-state index is 13.2. The molecule has 2 aliphatic rings. The third-order valence-electron chi connectivity index (χ3n) is 12.9. The molecule has 0 aromatic rings. The lowest BCUT2D eigenvalue weighted by molar-refractivity contribution is -0.359. The van der Waals surface area contributed by atoms with Crippen molar-refractivity contribution in [2.45, 2.75) is 254 Å². The van der Waals surface area contributed by atoms with Crippen LogP contribution in [0.2, 0.25) is 0 Å². The maximum atomic E-state index is 13.2. The molecule has 14 nitrogen and oxygen atoms in total. The zero-order valence-electron chi connectivity index (χ0n) is 43.0. The summed E-state index contributed by atoms with van der Waals surface area (Å²) in [4.78, 5) is 13.2. The fraction of sp³-hybridized carbons (Fsp3) is 0.768. The number of allylic oxidation sites excluding steroid dienone is 12. The van der Waals surface area contributed by atoms with Crippen molar-refractivity contribution in [1.29, 1.82) is 0 Å². The van der Waals surface area contributed by atoms with Gasteiger partial charge in [0, 0.05) is 6.42 Å². The van der Waals surface area contributed by atoms with E-state index in [-0.39, 0.29) is 18.9 Å². The first-order valence-corrected chi connectivity index (χ1v) is 27.2. The fourth-order valence-corrected chi connectivity index (χ4v) is 8.53. The number of aliphatic hydroxyl groups is 8. The van der Waals surface area contributed by atoms with Crippen LogP contribution in [-0.2, 0) is 23.7 Å². The van der Waals surface area contributed by atoms with Gasteiger partial charge in [0.25, 0.3) is 0 Å². The Bertz CT molecular complexity index is 1450. The summed E-state index contributed by atoms with van der Waals surface area (Å²) in [6, 6.07) is -0.846. The summed E-state index contributed by atoms with van der Waals surface area (Å²) in [7, 11) is 0. The van der Waals surface area contributed by atoms with E-state index in [4.69, 9.17) is 18.9 Å². The van der Waals surface area contributed by atoms with Gasteiger partial charge < -0.3 is 65.1 Å². The summed E-state index contributed by atoms with van der Waals surface area (Å²) in [5, 5.41) is 87.0. The summed E-state index contributed by atoms with van der Waals surface area (Å²) >= 11 is 0. The SMILES string of the molecule is CC/C=C\C/C=C\C/C=C\C/C=C\C/C=C\C/C=C\CCCCCCC(=O)NC(COC1OC(CO)C(OC2OC(CO)C(O)C(O)C2O)C(O)C1O)C(O)CCCCCCCCCCCCCCC. The molecule has 0 aromatic heterocycles. The van der Waals surface area contributed by atoms with E-state index in [1.807, 2.05) is 0 Å². The van der Waals surface area contributed by atoms with Gasteiger partial charge in [-0.15, -0.1) is 0 Å². The van der Waals surface area contributed by atoms with Crippen LogP contribution in [-0.4, -0.2) is 140 Å². The van der Waals surface area contributed by atoms with E-state index < -0.39 is 86.8 Å². The molecule has 0 bridgehead atoms. The molecule has 2 rings (SSSR count). The molecule has 1 amide bonds. The second-order valence-electron chi connectivity index (χ2n) is 19.0. The number of nitrogens with one attached hydrogen (secondary N) is 1. The Labute approximate surface area is 421 Å². The van der Waals surface area contributed by atoms with Crippen LogP contribution in [0, 0.1) is 0 Å². The average Bonchev–Trinajstić information content (AvgIpc) is 3.36. The predicted molar refractivity (Wildman–Crippen MR) is 277 cm³/mol. The fourth-order valence-electron chi connectivity index (χ4n) is 8.53. The number of carbonyl (C=O) groups is 1. The number of rotatable bonds is 41. The molecule has 70 heavy (non-hydrogen) atoms. The number of hydrogen-bond donors (Lipinski definition) is 9. The lowest BCUT2D eigenvalue weighted by Crippen LogP contribution is -2.65. The Morgan fingerprint density at radius 2 is 0.986 bits per heavy atom. The molecule has 14 heteroatoms. The van der Waals surface area contributed by atoms with Crippen LogP contribution in [0.15, 0.2) is 72.9 Å². The molecule has 2 aliphatic heterocycles. The Morgan fingerprint density at radius 1 is 0.529 bits per heavy atom. The summed E-state index contributed by atoms with van der Waals surface area (Å²) in [5.74, 6) is -0.235. The molecular formula is C56H97NO13. The highest BCUT2D eigenvalue weighted by molar-refractivity contribution is 5.76. The maximum Gasteiger partial charge on any atom is 0.220 e. The van der Waals surface area contributed by atoms with E-state index in [1.165, 1.54) is 57.8 Å². The van der Waals surface area contributed by atoms with Gasteiger partial charge in [0.05, 0.1) is 32.0 Å². The van der Waals surface area contributed by atoms with Crippen LogP contribution in [0.5, 0.6) is 0 Å². The Kier molecular flexibility index (Phi) is 38.0. The van der Waals surface area contributed by atoms with E-state index in [2.05, 4.69) is 92.1 Å². The summed E-state index contributed by atoms with van der Waals surface area (Å²) in [6.45, 7) is 2.70. The monoisotopic (exact) mass is 992 g/mol. The lowest BCUT2D eigenvalue weighted by Gasteiger charge is -2.46. The smallest absolute Gasteiger partial charge is 0.220 e. The van der Waals surface area contributed by atoms with Crippen molar-refractivity contribution in [3.8, 4) is 0 Å². The molecule has 12 unspecified atom stereocenters. The number of carbonyl (C=O) groups excluding carboxylic acids is 1. The third kappa shape index (κ3) is 28.0. The summed E-state index contributed by atoms with van der Waals surface area (Å²) in [5.41, 5.74) is 0. The van der Waals surface area contributed by atoms with Crippen molar-refractivity contribution in [3.05, 3.63) is 72.9 Å². The van der Waals surface area contributed by atoms with Gasteiger partial charge in [0.15, 0.2) is 12.6 Å². The molecule has 12 atom stereocenters. The molecule has 0 spiro atoms. The predicted octanol–water partition coefficient (Wildman–Crippen LogP) is 7.99. The topological polar surface area (TPSA) is 228 Å². The third-order valence-corrected chi connectivity index (χ3v) is 12.9. The number of amides is 1. The zero-order chi connectivity index (χ0) is 51.0. The van der Waals surface area contributed by atoms with Crippen LogP contribution in [0.4, 0.5) is 0 Å². The molecule has 0 saturated carbocycles. The zero-order valence-corrected chi connectivity index (χ0v) is 43.0. The van der Waals surface area contributed by atoms with Gasteiger partial charge in [-0.25, -0.2) is 0 Å². The molecule has 0 radical (unpaired) electrons. The van der Waals surface area contributed by atoms with E-state index in [1.54, 1.807) is 0 Å². The molecule has 2 heterocycles. The van der Waals surface area contributed by atoms with E-state index in [0.717, 1.165) is 89.9 Å². The largest absolute Gasteiger partial charge is 0.394 e. The molecule has 2 saturated heterocycles. The Hall–Kier alpha value is -2.57. The van der Waals surface area contributed by atoms with Crippen LogP contribution < -0.4 is 5.32 Å². The van der Waals surface area contributed by atoms with Gasteiger partial charge in [-0.05, 0) is 64.2 Å². The van der Waals surface area contributed by atoms with Gasteiger partial charge >= 0.3 is 0 Å². The van der Waals surface area contributed by atoms with Gasteiger partial charge in [0.1, 0.15) is 48.8 Å². The van der Waals surface area contributed by atoms with Crippen molar-refractivity contribution < 1.29 is 64.6 Å². The molecule has 9 N–H and O–H groups in total. The lowest BCUT2D eigenvalue weighted by atomic mass is 9.97. The van der Waals surface area contributed by atoms with Crippen molar-refractivity contribution in [2.24, 2.45) is 0 Å². The molecule has 0 aromatic carbocycles. The van der Waals surface area contributed by atoms with Crippen LogP contribution in [0.1, 0.15) is 181 Å². The van der Waals surface area contributed by atoms with Gasteiger partial charge in [-0.1, -0.05) is 183 Å². The normalized spacial score (nSPS) is 26.5. The van der Waals surface area contributed by atoms with Crippen LogP contribution >= 0.6 is 0 Å². The second kappa shape index (κ2) is 41.9. The first-order valence-electron chi connectivity index (χ1n) is 27.2. The Balaban J connectivity index is 1.80. The number of aliphatic hydroxyl groups excluding tert-OH is 8. The van der Waals surface area contributed by atoms with Crippen LogP contribution in [0.25, 0.3) is 0 Å². The highest BCUT2D eigenvalue weighted by Gasteiger charge is 2.51. The highest BCUT2D eigenvalue weighted by Crippen LogP contribution is 2.30. The standard InChI is InChI=1S/C56H97NO13/c1-3-5-7-9-11-13-15-17-18-19-20-21-22-23-24-25-26-28-30-32-34-36-38-40-48(61)57-44(45(60)39-37-35-33-31-29-27-16-14-12-10-8-6-4-2)43-67-55-53(66)51(64)54(47(42-59)69-55)70-56-52(65)50(63)49(62)46(41-58)68-56/h5,7,11,13,17-18,20-21,23-24,26,28,44-47,49-56,58-60,62-66H,3-4,6,8-10,12,14-16,19,22,25,27,29-43H2,1-2H3,(H,57,61)/b7-5-,13-11-,18-17-,21-20-,24-23-,28-26-. The minimum absolute atomic E-state index is 0.235.